The summed E-state index contributed by atoms with van der Waals surface area (Å²) in [5.74, 6) is 0.452. The lowest BCUT2D eigenvalue weighted by atomic mass is 10.1. The molecule has 12 heavy (non-hydrogen) atoms. The summed E-state index contributed by atoms with van der Waals surface area (Å²) in [6, 6.07) is 0. The van der Waals surface area contributed by atoms with Crippen molar-refractivity contribution in [3.05, 3.63) is 16.1 Å². The summed E-state index contributed by atoms with van der Waals surface area (Å²) in [6.07, 6.45) is 0.600. The molecule has 1 unspecified atom stereocenters. The van der Waals surface area contributed by atoms with Crippen LogP contribution in [0.15, 0.2) is 5.38 Å². The Balaban J connectivity index is 2.15. The number of carbonyl (C=O) groups is 1. The summed E-state index contributed by atoms with van der Waals surface area (Å²) in [5.41, 5.74) is 1.07. The second-order valence-corrected chi connectivity index (χ2v) is 4.06. The van der Waals surface area contributed by atoms with Gasteiger partial charge in [-0.3, -0.25) is 4.79 Å². The fourth-order valence-corrected chi connectivity index (χ4v) is 2.08. The third kappa shape index (κ3) is 1.34. The predicted molar refractivity (Wildman–Crippen MR) is 47.2 cm³/mol. The fraction of sp³-hybridized carbons (Fsp3) is 0.500. The van der Waals surface area contributed by atoms with E-state index in [9.17, 15) is 4.79 Å². The van der Waals surface area contributed by atoms with Gasteiger partial charge in [-0.15, -0.1) is 11.3 Å². The first-order valence-electron chi connectivity index (χ1n) is 3.94. The molecule has 1 aromatic heterocycles. The molecule has 0 bridgehead atoms. The number of rotatable bonds is 1. The van der Waals surface area contributed by atoms with E-state index in [1.54, 1.807) is 11.3 Å². The molecular formula is C8H10N2OS. The lowest BCUT2D eigenvalue weighted by Crippen LogP contribution is -2.13. The van der Waals surface area contributed by atoms with Gasteiger partial charge < -0.3 is 5.32 Å². The SMILES string of the molecule is Cc1nc(C2CNC(=O)C2)cs1. The maximum Gasteiger partial charge on any atom is 0.220 e. The highest BCUT2D eigenvalue weighted by atomic mass is 32.1. The first-order valence-corrected chi connectivity index (χ1v) is 4.82. The molecule has 1 aliphatic heterocycles. The van der Waals surface area contributed by atoms with Crippen LogP contribution in [-0.2, 0) is 4.79 Å². The van der Waals surface area contributed by atoms with Crippen molar-refractivity contribution in [1.82, 2.24) is 10.3 Å². The summed E-state index contributed by atoms with van der Waals surface area (Å²) in [6.45, 7) is 2.74. The molecule has 1 N–H and O–H groups in total. The van der Waals surface area contributed by atoms with E-state index < -0.39 is 0 Å². The molecule has 64 valence electrons. The molecule has 0 spiro atoms. The second kappa shape index (κ2) is 2.86. The Morgan fingerprint density at radius 3 is 3.08 bits per heavy atom. The maximum atomic E-state index is 10.9. The van der Waals surface area contributed by atoms with Gasteiger partial charge in [0.1, 0.15) is 0 Å². The van der Waals surface area contributed by atoms with Crippen LogP contribution in [-0.4, -0.2) is 17.4 Å². The zero-order valence-corrected chi connectivity index (χ0v) is 7.65. The number of aromatic nitrogens is 1. The molecule has 1 aromatic rings. The van der Waals surface area contributed by atoms with Gasteiger partial charge in [0.25, 0.3) is 0 Å². The Kier molecular flexibility index (Phi) is 1.84. The molecule has 0 aliphatic carbocycles. The van der Waals surface area contributed by atoms with Crippen molar-refractivity contribution in [3.63, 3.8) is 0 Å². The van der Waals surface area contributed by atoms with Crippen molar-refractivity contribution in [2.75, 3.05) is 6.54 Å². The van der Waals surface area contributed by atoms with Crippen molar-refractivity contribution in [2.45, 2.75) is 19.3 Å². The lowest BCUT2D eigenvalue weighted by Gasteiger charge is -2.00. The van der Waals surface area contributed by atoms with Crippen LogP contribution in [0, 0.1) is 6.92 Å². The van der Waals surface area contributed by atoms with E-state index in [4.69, 9.17) is 0 Å². The van der Waals surface area contributed by atoms with E-state index in [0.717, 1.165) is 17.2 Å². The van der Waals surface area contributed by atoms with Gasteiger partial charge in [-0.2, -0.15) is 0 Å². The van der Waals surface area contributed by atoms with Gasteiger partial charge in [0.2, 0.25) is 5.91 Å². The second-order valence-electron chi connectivity index (χ2n) is 3.00. The summed E-state index contributed by atoms with van der Waals surface area (Å²) < 4.78 is 0. The van der Waals surface area contributed by atoms with Crippen LogP contribution in [0.25, 0.3) is 0 Å². The molecule has 0 aromatic carbocycles. The normalized spacial score (nSPS) is 22.8. The smallest absolute Gasteiger partial charge is 0.220 e. The quantitative estimate of drug-likeness (QED) is 0.705. The first kappa shape index (κ1) is 7.73. The zero-order valence-electron chi connectivity index (χ0n) is 6.83. The number of nitrogens with zero attached hydrogens (tertiary/aromatic N) is 1. The van der Waals surface area contributed by atoms with Crippen molar-refractivity contribution >= 4 is 17.2 Å². The monoisotopic (exact) mass is 182 g/mol. The van der Waals surface area contributed by atoms with Crippen LogP contribution in [0.4, 0.5) is 0 Å². The molecule has 1 aliphatic rings. The van der Waals surface area contributed by atoms with Gasteiger partial charge in [-0.25, -0.2) is 4.98 Å². The number of amides is 1. The molecule has 0 radical (unpaired) electrons. The number of thiazole rings is 1. The molecule has 2 heterocycles. The van der Waals surface area contributed by atoms with Crippen molar-refractivity contribution < 1.29 is 4.79 Å². The number of carbonyl (C=O) groups excluding carboxylic acids is 1. The van der Waals surface area contributed by atoms with E-state index in [1.165, 1.54) is 0 Å². The van der Waals surface area contributed by atoms with E-state index in [0.29, 0.717) is 12.3 Å². The predicted octanol–water partition coefficient (Wildman–Crippen LogP) is 1.06. The largest absolute Gasteiger partial charge is 0.355 e. The molecule has 0 saturated carbocycles. The lowest BCUT2D eigenvalue weighted by molar-refractivity contribution is -0.119. The minimum absolute atomic E-state index is 0.144. The van der Waals surface area contributed by atoms with Gasteiger partial charge >= 0.3 is 0 Å². The standard InChI is InChI=1S/C8H10N2OS/c1-5-10-7(4-12-5)6-2-8(11)9-3-6/h4,6H,2-3H2,1H3,(H,9,11). The highest BCUT2D eigenvalue weighted by molar-refractivity contribution is 7.09. The van der Waals surface area contributed by atoms with Crippen LogP contribution >= 0.6 is 11.3 Å². The molecule has 4 heteroatoms. The summed E-state index contributed by atoms with van der Waals surface area (Å²) >= 11 is 1.64. The van der Waals surface area contributed by atoms with E-state index >= 15 is 0 Å². The van der Waals surface area contributed by atoms with Gasteiger partial charge in [0, 0.05) is 24.3 Å². The Bertz CT molecular complexity index is 308. The van der Waals surface area contributed by atoms with E-state index in [-0.39, 0.29) is 5.91 Å². The van der Waals surface area contributed by atoms with E-state index in [1.807, 2.05) is 12.3 Å². The summed E-state index contributed by atoms with van der Waals surface area (Å²) in [7, 11) is 0. The number of hydrogen-bond donors (Lipinski definition) is 1. The van der Waals surface area contributed by atoms with Crippen LogP contribution in [0.3, 0.4) is 0 Å². The van der Waals surface area contributed by atoms with Crippen LogP contribution < -0.4 is 5.32 Å². The Morgan fingerprint density at radius 1 is 1.75 bits per heavy atom. The Labute approximate surface area is 74.8 Å². The fourth-order valence-electron chi connectivity index (χ4n) is 1.38. The molecule has 1 amide bonds. The van der Waals surface area contributed by atoms with Crippen LogP contribution in [0.2, 0.25) is 0 Å². The van der Waals surface area contributed by atoms with Gasteiger partial charge in [0.05, 0.1) is 10.7 Å². The first-order chi connectivity index (χ1) is 5.75. The molecule has 1 saturated heterocycles. The third-order valence-electron chi connectivity index (χ3n) is 2.03. The van der Waals surface area contributed by atoms with E-state index in [2.05, 4.69) is 10.3 Å². The molecular weight excluding hydrogens is 172 g/mol. The molecule has 3 nitrogen and oxygen atoms in total. The number of hydrogen-bond acceptors (Lipinski definition) is 3. The average molecular weight is 182 g/mol. The average Bonchev–Trinajstić information content (AvgIpc) is 2.58. The highest BCUT2D eigenvalue weighted by Gasteiger charge is 2.24. The Morgan fingerprint density at radius 2 is 2.58 bits per heavy atom. The third-order valence-corrected chi connectivity index (χ3v) is 2.82. The topological polar surface area (TPSA) is 42.0 Å². The van der Waals surface area contributed by atoms with Crippen molar-refractivity contribution in [2.24, 2.45) is 0 Å². The maximum absolute atomic E-state index is 10.9. The minimum atomic E-state index is 0.144. The number of nitrogens with one attached hydrogen (secondary N) is 1. The molecule has 2 rings (SSSR count). The summed E-state index contributed by atoms with van der Waals surface area (Å²) in [4.78, 5) is 15.3. The molecule has 1 atom stereocenters. The summed E-state index contributed by atoms with van der Waals surface area (Å²) in [5, 5.41) is 5.92. The van der Waals surface area contributed by atoms with Crippen molar-refractivity contribution in [3.8, 4) is 0 Å². The highest BCUT2D eigenvalue weighted by Crippen LogP contribution is 2.23. The number of aryl methyl sites for hydroxylation is 1. The minimum Gasteiger partial charge on any atom is -0.355 e. The van der Waals surface area contributed by atoms with Gasteiger partial charge in [0.15, 0.2) is 0 Å². The van der Waals surface area contributed by atoms with Crippen LogP contribution in [0.5, 0.6) is 0 Å². The van der Waals surface area contributed by atoms with Gasteiger partial charge in [-0.1, -0.05) is 0 Å². The van der Waals surface area contributed by atoms with Crippen molar-refractivity contribution in [1.29, 1.82) is 0 Å². The van der Waals surface area contributed by atoms with Crippen LogP contribution in [0.1, 0.15) is 23.0 Å². The zero-order chi connectivity index (χ0) is 8.55. The molecule has 1 fully saturated rings. The Hall–Kier alpha value is -0.900. The van der Waals surface area contributed by atoms with Gasteiger partial charge in [-0.05, 0) is 6.92 Å².